The van der Waals surface area contributed by atoms with Gasteiger partial charge in [-0.15, -0.1) is 0 Å². The molecule has 0 saturated carbocycles. The van der Waals surface area contributed by atoms with Crippen molar-refractivity contribution in [2.45, 2.75) is 142 Å². The van der Waals surface area contributed by atoms with Crippen LogP contribution in [-0.2, 0) is 14.9 Å². The smallest absolute Gasteiger partial charge is 0.267 e. The van der Waals surface area contributed by atoms with E-state index in [9.17, 15) is 22.9 Å². The second-order valence-electron chi connectivity index (χ2n) is 9.67. The number of aliphatic hydroxyl groups excluding tert-OH is 1. The quantitative estimate of drug-likeness (QED) is 0.0737. The van der Waals surface area contributed by atoms with Gasteiger partial charge in [-0.05, 0) is 25.7 Å². The number of rotatable bonds is 24. The van der Waals surface area contributed by atoms with Crippen LogP contribution in [0.2, 0.25) is 0 Å². The molecular formula is C28H53NO5S. The summed E-state index contributed by atoms with van der Waals surface area (Å²) in [6.45, 7) is 4.36. The Labute approximate surface area is 215 Å². The van der Waals surface area contributed by atoms with Crippen LogP contribution >= 0.6 is 0 Å². The first-order valence-electron chi connectivity index (χ1n) is 14.0. The maximum absolute atomic E-state index is 12.3. The molecule has 0 aromatic heterocycles. The molecule has 0 fully saturated rings. The average molecular weight is 516 g/mol. The maximum Gasteiger partial charge on any atom is 0.267 e. The Morgan fingerprint density at radius 1 is 0.743 bits per heavy atom. The van der Waals surface area contributed by atoms with Gasteiger partial charge >= 0.3 is 0 Å². The molecule has 0 aromatic rings. The van der Waals surface area contributed by atoms with Crippen molar-refractivity contribution in [1.82, 2.24) is 5.32 Å². The molecule has 0 bridgehead atoms. The summed E-state index contributed by atoms with van der Waals surface area (Å²) in [5.41, 5.74) is 0. The molecule has 0 aromatic carbocycles. The van der Waals surface area contributed by atoms with E-state index < -0.39 is 28.0 Å². The van der Waals surface area contributed by atoms with Crippen LogP contribution in [0.25, 0.3) is 0 Å². The zero-order valence-electron chi connectivity index (χ0n) is 22.4. The van der Waals surface area contributed by atoms with Crippen molar-refractivity contribution in [1.29, 1.82) is 0 Å². The third-order valence-corrected chi connectivity index (χ3v) is 6.89. The van der Waals surface area contributed by atoms with Crippen LogP contribution in [-0.4, -0.2) is 41.9 Å². The van der Waals surface area contributed by atoms with Gasteiger partial charge in [-0.3, -0.25) is 9.35 Å². The molecule has 0 heterocycles. The molecule has 6 nitrogen and oxygen atoms in total. The maximum atomic E-state index is 12.3. The highest BCUT2D eigenvalue weighted by Crippen LogP contribution is 2.13. The minimum atomic E-state index is -4.33. The monoisotopic (exact) mass is 515 g/mol. The summed E-state index contributed by atoms with van der Waals surface area (Å²) < 4.78 is 31.9. The Morgan fingerprint density at radius 3 is 1.74 bits per heavy atom. The SMILES string of the molecule is CCC/C=C/CC/C=C/C(O)C(CS(=O)(=O)O)NC(=O)CCCCCCCCCCCCCCC. The highest BCUT2D eigenvalue weighted by atomic mass is 32.2. The molecule has 35 heavy (non-hydrogen) atoms. The molecule has 2 unspecified atom stereocenters. The van der Waals surface area contributed by atoms with Gasteiger partial charge in [0.2, 0.25) is 5.91 Å². The van der Waals surface area contributed by atoms with Crippen molar-refractivity contribution in [3.8, 4) is 0 Å². The van der Waals surface area contributed by atoms with E-state index in [2.05, 4.69) is 31.3 Å². The molecule has 0 spiro atoms. The Morgan fingerprint density at radius 2 is 1.23 bits per heavy atom. The first-order valence-corrected chi connectivity index (χ1v) is 15.6. The first kappa shape index (κ1) is 33.8. The van der Waals surface area contributed by atoms with Gasteiger partial charge in [-0.2, -0.15) is 8.42 Å². The number of hydrogen-bond donors (Lipinski definition) is 3. The van der Waals surface area contributed by atoms with Crippen LogP contribution in [0, 0.1) is 0 Å². The van der Waals surface area contributed by atoms with Gasteiger partial charge in [-0.25, -0.2) is 0 Å². The summed E-state index contributed by atoms with van der Waals surface area (Å²) in [6.07, 6.45) is 26.1. The van der Waals surface area contributed by atoms with Crippen molar-refractivity contribution in [3.63, 3.8) is 0 Å². The molecule has 7 heteroatoms. The molecule has 0 saturated heterocycles. The number of nitrogens with one attached hydrogen (secondary N) is 1. The largest absolute Gasteiger partial charge is 0.387 e. The molecule has 206 valence electrons. The van der Waals surface area contributed by atoms with E-state index >= 15 is 0 Å². The minimum Gasteiger partial charge on any atom is -0.387 e. The Kier molecular flexibility index (Phi) is 22.4. The zero-order chi connectivity index (χ0) is 26.2. The fourth-order valence-electron chi connectivity index (χ4n) is 4.00. The van der Waals surface area contributed by atoms with E-state index in [1.165, 1.54) is 70.3 Å². The predicted octanol–water partition coefficient (Wildman–Crippen LogP) is 6.89. The van der Waals surface area contributed by atoms with Crippen molar-refractivity contribution >= 4 is 16.0 Å². The van der Waals surface area contributed by atoms with E-state index in [0.717, 1.165) is 38.5 Å². The highest BCUT2D eigenvalue weighted by molar-refractivity contribution is 7.85. The normalized spacial score (nSPS) is 14.1. The van der Waals surface area contributed by atoms with Gasteiger partial charge in [0.1, 0.15) is 0 Å². The summed E-state index contributed by atoms with van der Waals surface area (Å²) in [4.78, 5) is 12.3. The minimum absolute atomic E-state index is 0.290. The molecule has 1 amide bonds. The molecule has 0 radical (unpaired) electrons. The number of carbonyl (C=O) groups is 1. The van der Waals surface area contributed by atoms with E-state index in [-0.39, 0.29) is 5.91 Å². The van der Waals surface area contributed by atoms with Gasteiger partial charge in [0.25, 0.3) is 10.1 Å². The Balaban J connectivity index is 4.08. The zero-order valence-corrected chi connectivity index (χ0v) is 23.2. The third-order valence-electron chi connectivity index (χ3n) is 6.11. The van der Waals surface area contributed by atoms with Crippen LogP contribution in [0.1, 0.15) is 129 Å². The second kappa shape index (κ2) is 23.2. The summed E-state index contributed by atoms with van der Waals surface area (Å²) in [7, 11) is -4.33. The lowest BCUT2D eigenvalue weighted by molar-refractivity contribution is -0.122. The van der Waals surface area contributed by atoms with Crippen LogP contribution < -0.4 is 5.32 Å². The number of carbonyl (C=O) groups excluding carboxylic acids is 1. The third kappa shape index (κ3) is 24.3. The van der Waals surface area contributed by atoms with Crippen LogP contribution in [0.15, 0.2) is 24.3 Å². The van der Waals surface area contributed by atoms with Crippen LogP contribution in [0.4, 0.5) is 0 Å². The van der Waals surface area contributed by atoms with E-state index in [1.54, 1.807) is 6.08 Å². The summed E-state index contributed by atoms with van der Waals surface area (Å²) in [6, 6.07) is -1.06. The van der Waals surface area contributed by atoms with Gasteiger partial charge in [0, 0.05) is 6.42 Å². The lowest BCUT2D eigenvalue weighted by Crippen LogP contribution is -2.46. The molecule has 0 aliphatic carbocycles. The van der Waals surface area contributed by atoms with Crippen LogP contribution in [0.3, 0.4) is 0 Å². The molecule has 0 aliphatic heterocycles. The topological polar surface area (TPSA) is 104 Å². The number of allylic oxidation sites excluding steroid dienone is 3. The standard InChI is InChI=1S/C28H53NO5S/c1-3-5-7-9-11-12-13-14-15-16-18-20-22-24-28(31)29-26(25-35(32,33)34)27(30)23-21-19-17-10-8-6-4-2/h8,10,21,23,26-27,30H,3-7,9,11-20,22,24-25H2,1-2H3,(H,29,31)(H,32,33,34)/b10-8+,23-21+. The summed E-state index contributed by atoms with van der Waals surface area (Å²) in [5, 5.41) is 12.9. The second-order valence-corrected chi connectivity index (χ2v) is 11.2. The van der Waals surface area contributed by atoms with Gasteiger partial charge in [0.15, 0.2) is 0 Å². The fraction of sp³-hybridized carbons (Fsp3) is 0.821. The van der Waals surface area contributed by atoms with Crippen LogP contribution in [0.5, 0.6) is 0 Å². The van der Waals surface area contributed by atoms with Crippen molar-refractivity contribution in [2.75, 3.05) is 5.75 Å². The van der Waals surface area contributed by atoms with E-state index in [1.807, 2.05) is 0 Å². The summed E-state index contributed by atoms with van der Waals surface area (Å²) in [5.74, 6) is -1.00. The number of aliphatic hydroxyl groups is 1. The lowest BCUT2D eigenvalue weighted by atomic mass is 10.0. The summed E-state index contributed by atoms with van der Waals surface area (Å²) >= 11 is 0. The molecular weight excluding hydrogens is 462 g/mol. The van der Waals surface area contributed by atoms with E-state index in [0.29, 0.717) is 12.8 Å². The number of hydrogen-bond acceptors (Lipinski definition) is 4. The van der Waals surface area contributed by atoms with Crippen molar-refractivity contribution in [3.05, 3.63) is 24.3 Å². The molecule has 2 atom stereocenters. The lowest BCUT2D eigenvalue weighted by Gasteiger charge is -2.21. The van der Waals surface area contributed by atoms with Crippen molar-refractivity contribution < 1.29 is 22.9 Å². The molecule has 3 N–H and O–H groups in total. The van der Waals surface area contributed by atoms with Crippen molar-refractivity contribution in [2.24, 2.45) is 0 Å². The average Bonchev–Trinajstić information content (AvgIpc) is 2.80. The number of amides is 1. The van der Waals surface area contributed by atoms with Gasteiger partial charge in [0.05, 0.1) is 17.9 Å². The fourth-order valence-corrected chi connectivity index (χ4v) is 4.73. The first-order chi connectivity index (χ1) is 16.8. The Hall–Kier alpha value is -1.18. The Bertz CT molecular complexity index is 660. The van der Waals surface area contributed by atoms with Gasteiger partial charge in [-0.1, -0.05) is 122 Å². The highest BCUT2D eigenvalue weighted by Gasteiger charge is 2.24. The van der Waals surface area contributed by atoms with Gasteiger partial charge < -0.3 is 10.4 Å². The molecule has 0 aliphatic rings. The number of unbranched alkanes of at least 4 members (excludes halogenated alkanes) is 14. The van der Waals surface area contributed by atoms with E-state index in [4.69, 9.17) is 0 Å². The molecule has 0 rings (SSSR count). The predicted molar refractivity (Wildman–Crippen MR) is 147 cm³/mol.